The highest BCUT2D eigenvalue weighted by molar-refractivity contribution is 6.04. The zero-order valence-electron chi connectivity index (χ0n) is 25.6. The van der Waals surface area contributed by atoms with E-state index >= 15 is 0 Å². The fourth-order valence-corrected chi connectivity index (χ4v) is 7.04. The molecule has 0 saturated heterocycles. The van der Waals surface area contributed by atoms with Gasteiger partial charge >= 0.3 is 0 Å². The highest BCUT2D eigenvalue weighted by atomic mass is 14.4. The fraction of sp³-hybridized carbons (Fsp3) is 0.136. The highest BCUT2D eigenvalue weighted by Gasteiger charge is 2.37. The van der Waals surface area contributed by atoms with Crippen LogP contribution in [0, 0.1) is 37.5 Å². The molecule has 0 spiro atoms. The average molecular weight is 561 g/mol. The number of rotatable bonds is 0. The highest BCUT2D eigenvalue weighted by Crippen LogP contribution is 2.53. The molecule has 0 heteroatoms. The summed E-state index contributed by atoms with van der Waals surface area (Å²) in [5, 5.41) is 2.51. The first-order chi connectivity index (χ1) is 21.3. The Balaban J connectivity index is 1.20. The lowest BCUT2D eigenvalue weighted by Crippen LogP contribution is -2.15. The van der Waals surface area contributed by atoms with Crippen LogP contribution in [0.2, 0.25) is 0 Å². The van der Waals surface area contributed by atoms with Crippen molar-refractivity contribution in [3.8, 4) is 45.9 Å². The van der Waals surface area contributed by atoms with Gasteiger partial charge in [-0.15, -0.1) is 0 Å². The van der Waals surface area contributed by atoms with E-state index in [9.17, 15) is 0 Å². The van der Waals surface area contributed by atoms with E-state index in [4.69, 9.17) is 0 Å². The van der Waals surface area contributed by atoms with Crippen LogP contribution < -0.4 is 0 Å². The summed E-state index contributed by atoms with van der Waals surface area (Å²) in [5.74, 6) is 13.7. The summed E-state index contributed by atoms with van der Waals surface area (Å²) in [6.45, 7) is 8.93. The van der Waals surface area contributed by atoms with Gasteiger partial charge in [0.05, 0.1) is 0 Å². The van der Waals surface area contributed by atoms with Gasteiger partial charge in [0.2, 0.25) is 0 Å². The summed E-state index contributed by atoms with van der Waals surface area (Å²) in [5.41, 5.74) is 17.6. The van der Waals surface area contributed by atoms with Crippen LogP contribution in [0.25, 0.3) is 33.0 Å². The maximum atomic E-state index is 3.52. The predicted octanol–water partition coefficient (Wildman–Crippen LogP) is 10.1. The van der Waals surface area contributed by atoms with E-state index in [2.05, 4.69) is 161 Å². The van der Waals surface area contributed by atoms with E-state index in [1.54, 1.807) is 0 Å². The van der Waals surface area contributed by atoms with Crippen LogP contribution in [0.15, 0.2) is 109 Å². The number of benzene rings is 6. The van der Waals surface area contributed by atoms with E-state index in [-0.39, 0.29) is 5.41 Å². The van der Waals surface area contributed by atoms with Gasteiger partial charge in [-0.1, -0.05) is 103 Å². The topological polar surface area (TPSA) is 0 Å². The Morgan fingerprint density at radius 2 is 1.09 bits per heavy atom. The van der Waals surface area contributed by atoms with Crippen molar-refractivity contribution >= 4 is 10.8 Å². The third-order valence-corrected chi connectivity index (χ3v) is 9.47. The van der Waals surface area contributed by atoms with Crippen LogP contribution in [0.5, 0.6) is 0 Å². The summed E-state index contributed by atoms with van der Waals surface area (Å²) >= 11 is 0. The molecule has 0 heterocycles. The second-order valence-electron chi connectivity index (χ2n) is 12.9. The Kier molecular flexibility index (Phi) is 5.91. The molecule has 0 fully saturated rings. The van der Waals surface area contributed by atoms with Gasteiger partial charge in [-0.25, -0.2) is 0 Å². The molecule has 8 rings (SSSR count). The Morgan fingerprint density at radius 1 is 0.500 bits per heavy atom. The molecule has 6 aromatic carbocycles. The molecule has 0 amide bonds. The molecule has 44 heavy (non-hydrogen) atoms. The van der Waals surface area contributed by atoms with Crippen molar-refractivity contribution in [1.82, 2.24) is 0 Å². The van der Waals surface area contributed by atoms with Crippen LogP contribution in [-0.4, -0.2) is 0 Å². The summed E-state index contributed by atoms with van der Waals surface area (Å²) in [6.07, 6.45) is 0.928. The molecule has 0 N–H and O–H groups in total. The van der Waals surface area contributed by atoms with Gasteiger partial charge in [-0.05, 0) is 130 Å². The lowest BCUT2D eigenvalue weighted by atomic mass is 9.81. The van der Waals surface area contributed by atoms with Crippen molar-refractivity contribution in [2.75, 3.05) is 0 Å². The SMILES string of the molecule is Cc1ccc(C#Cc2ccc3c(c2)C(C)(C)c2cc4c(cc2-3)Cc2cc(C#Cc3ccc(C)cc3)c3ccccc3c2-4)cc1. The summed E-state index contributed by atoms with van der Waals surface area (Å²) in [4.78, 5) is 0. The van der Waals surface area contributed by atoms with Gasteiger partial charge in [0.25, 0.3) is 0 Å². The van der Waals surface area contributed by atoms with E-state index in [0.717, 1.165) is 28.7 Å². The number of hydrogen-bond acceptors (Lipinski definition) is 0. The minimum Gasteiger partial charge on any atom is -0.0617 e. The molecule has 6 aromatic rings. The normalized spacial score (nSPS) is 13.2. The minimum atomic E-state index is -0.112. The third kappa shape index (κ3) is 4.27. The molecule has 208 valence electrons. The number of fused-ring (bicyclic) bond motifs is 8. The minimum absolute atomic E-state index is 0.112. The first-order valence-corrected chi connectivity index (χ1v) is 15.4. The van der Waals surface area contributed by atoms with Crippen molar-refractivity contribution in [2.24, 2.45) is 0 Å². The molecule has 0 atom stereocenters. The largest absolute Gasteiger partial charge is 0.0617 e. The maximum Gasteiger partial charge on any atom is 0.0330 e. The van der Waals surface area contributed by atoms with Crippen molar-refractivity contribution < 1.29 is 0 Å². The van der Waals surface area contributed by atoms with E-state index < -0.39 is 0 Å². The molecule has 2 aliphatic rings. The van der Waals surface area contributed by atoms with Gasteiger partial charge in [-0.3, -0.25) is 0 Å². The molecular weight excluding hydrogens is 528 g/mol. The van der Waals surface area contributed by atoms with Crippen LogP contribution >= 0.6 is 0 Å². The molecule has 0 aliphatic heterocycles. The molecule has 0 unspecified atom stereocenters. The molecule has 0 aromatic heterocycles. The van der Waals surface area contributed by atoms with Gasteiger partial charge < -0.3 is 0 Å². The molecule has 2 aliphatic carbocycles. The van der Waals surface area contributed by atoms with Crippen molar-refractivity contribution in [3.05, 3.63) is 165 Å². The second-order valence-corrected chi connectivity index (χ2v) is 12.9. The molecule has 0 saturated carbocycles. The average Bonchev–Trinajstić information content (AvgIpc) is 3.50. The van der Waals surface area contributed by atoms with Gasteiger partial charge in [-0.2, -0.15) is 0 Å². The number of aryl methyl sites for hydroxylation is 2. The summed E-state index contributed by atoms with van der Waals surface area (Å²) < 4.78 is 0. The summed E-state index contributed by atoms with van der Waals surface area (Å²) in [6, 6.07) is 39.7. The summed E-state index contributed by atoms with van der Waals surface area (Å²) in [7, 11) is 0. The zero-order chi connectivity index (χ0) is 30.0. The fourth-order valence-electron chi connectivity index (χ4n) is 7.04. The molecule has 0 bridgehead atoms. The van der Waals surface area contributed by atoms with Crippen molar-refractivity contribution in [1.29, 1.82) is 0 Å². The Bertz CT molecular complexity index is 2270. The van der Waals surface area contributed by atoms with E-state index in [1.807, 2.05) is 0 Å². The smallest absolute Gasteiger partial charge is 0.0330 e. The first kappa shape index (κ1) is 26.3. The Morgan fingerprint density at radius 3 is 1.80 bits per heavy atom. The van der Waals surface area contributed by atoms with E-state index in [0.29, 0.717) is 0 Å². The Labute approximate surface area is 260 Å². The quantitative estimate of drug-likeness (QED) is 0.162. The standard InChI is InChI=1S/C44H32/c1-28-9-13-30(14-10-28)17-18-32-20-22-37-40-26-34-25-35-24-33(21-19-31-15-11-29(2)12-16-31)36-7-5-6-8-38(36)43(35)39(34)27-42(40)44(3,4)41(37)23-32/h5-16,20,22-24,26-27H,25H2,1-4H3. The lowest BCUT2D eigenvalue weighted by molar-refractivity contribution is 0.660. The van der Waals surface area contributed by atoms with Crippen LogP contribution in [0.1, 0.15) is 69.5 Å². The zero-order valence-corrected chi connectivity index (χ0v) is 25.6. The van der Waals surface area contributed by atoms with Gasteiger partial charge in [0, 0.05) is 27.7 Å². The maximum absolute atomic E-state index is 3.52. The van der Waals surface area contributed by atoms with Crippen LogP contribution in [-0.2, 0) is 11.8 Å². The molecular formula is C44H32. The third-order valence-electron chi connectivity index (χ3n) is 9.47. The van der Waals surface area contributed by atoms with Crippen LogP contribution in [0.4, 0.5) is 0 Å². The lowest BCUT2D eigenvalue weighted by Gasteiger charge is -2.22. The number of hydrogen-bond donors (Lipinski definition) is 0. The van der Waals surface area contributed by atoms with Gasteiger partial charge in [0.15, 0.2) is 0 Å². The Hall–Kier alpha value is -5.30. The second kappa shape index (κ2) is 9.88. The predicted molar refractivity (Wildman–Crippen MR) is 184 cm³/mol. The monoisotopic (exact) mass is 560 g/mol. The van der Waals surface area contributed by atoms with Crippen molar-refractivity contribution in [3.63, 3.8) is 0 Å². The van der Waals surface area contributed by atoms with Gasteiger partial charge in [0.1, 0.15) is 0 Å². The molecule has 0 nitrogen and oxygen atoms in total. The molecule has 0 radical (unpaired) electrons. The van der Waals surface area contributed by atoms with E-state index in [1.165, 1.54) is 66.4 Å². The van der Waals surface area contributed by atoms with Crippen molar-refractivity contribution in [2.45, 2.75) is 39.5 Å². The first-order valence-electron chi connectivity index (χ1n) is 15.4. The van der Waals surface area contributed by atoms with Crippen LogP contribution in [0.3, 0.4) is 0 Å².